The van der Waals surface area contributed by atoms with E-state index in [4.69, 9.17) is 9.84 Å². The molecule has 106 valence electrons. The van der Waals surface area contributed by atoms with Crippen LogP contribution >= 0.6 is 0 Å². The van der Waals surface area contributed by atoms with Gasteiger partial charge in [-0.1, -0.05) is 31.2 Å². The third-order valence-corrected chi connectivity index (χ3v) is 2.86. The lowest BCUT2D eigenvalue weighted by Crippen LogP contribution is -2.08. The smallest absolute Gasteiger partial charge is 0.358 e. The molecule has 0 saturated heterocycles. The van der Waals surface area contributed by atoms with E-state index in [0.29, 0.717) is 30.2 Å². The van der Waals surface area contributed by atoms with Crippen molar-refractivity contribution in [2.45, 2.75) is 26.7 Å². The van der Waals surface area contributed by atoms with Gasteiger partial charge in [0.15, 0.2) is 5.69 Å². The summed E-state index contributed by atoms with van der Waals surface area (Å²) in [6.45, 7) is 4.49. The van der Waals surface area contributed by atoms with E-state index in [9.17, 15) is 4.79 Å². The molecule has 0 amide bonds. The first-order chi connectivity index (χ1) is 9.69. The van der Waals surface area contributed by atoms with Gasteiger partial charge < -0.3 is 9.84 Å². The van der Waals surface area contributed by atoms with Crippen molar-refractivity contribution in [1.82, 2.24) is 15.0 Å². The molecule has 0 aliphatic heterocycles. The Bertz CT molecular complexity index is 607. The minimum Gasteiger partial charge on any atom is -0.491 e. The van der Waals surface area contributed by atoms with Crippen molar-refractivity contribution in [3.63, 3.8) is 0 Å². The van der Waals surface area contributed by atoms with Gasteiger partial charge >= 0.3 is 5.97 Å². The molecule has 0 atom stereocenters. The molecule has 0 bridgehead atoms. The number of rotatable bonds is 6. The van der Waals surface area contributed by atoms with Gasteiger partial charge in [-0.3, -0.25) is 0 Å². The molecule has 1 heterocycles. The maximum absolute atomic E-state index is 11.1. The Kier molecular flexibility index (Phi) is 4.34. The average molecular weight is 275 g/mol. The number of ether oxygens (including phenoxy) is 1. The minimum atomic E-state index is -1.07. The van der Waals surface area contributed by atoms with Crippen molar-refractivity contribution in [3.05, 3.63) is 35.7 Å². The number of hydrogen-bond acceptors (Lipinski definition) is 4. The second-order valence-electron chi connectivity index (χ2n) is 4.27. The van der Waals surface area contributed by atoms with E-state index in [2.05, 4.69) is 10.3 Å². The van der Waals surface area contributed by atoms with Crippen LogP contribution in [0, 0.1) is 0 Å². The normalized spacial score (nSPS) is 10.5. The number of nitrogens with zero attached hydrogens (tertiary/aromatic N) is 3. The lowest BCUT2D eigenvalue weighted by atomic mass is 10.2. The zero-order valence-corrected chi connectivity index (χ0v) is 11.5. The van der Waals surface area contributed by atoms with Gasteiger partial charge in [-0.15, -0.1) is 5.10 Å². The van der Waals surface area contributed by atoms with Crippen molar-refractivity contribution in [3.8, 4) is 11.4 Å². The number of carboxylic acids is 1. The van der Waals surface area contributed by atoms with Gasteiger partial charge in [-0.05, 0) is 25.0 Å². The lowest BCUT2D eigenvalue weighted by molar-refractivity contribution is 0.0689. The monoisotopic (exact) mass is 275 g/mol. The Morgan fingerprint density at radius 3 is 2.75 bits per heavy atom. The summed E-state index contributed by atoms with van der Waals surface area (Å²) < 4.78 is 7.21. The highest BCUT2D eigenvalue weighted by Crippen LogP contribution is 2.24. The van der Waals surface area contributed by atoms with Gasteiger partial charge in [-0.2, -0.15) is 0 Å². The SMILES string of the molecule is CCCOc1ccccc1-n1nnc(C(=O)O)c1CC. The summed E-state index contributed by atoms with van der Waals surface area (Å²) in [6.07, 6.45) is 1.42. The lowest BCUT2D eigenvalue weighted by Gasteiger charge is -2.11. The predicted octanol–water partition coefficient (Wildman–Crippen LogP) is 2.32. The molecule has 0 aliphatic carbocycles. The molecule has 0 aliphatic rings. The summed E-state index contributed by atoms with van der Waals surface area (Å²) in [6, 6.07) is 7.40. The van der Waals surface area contributed by atoms with Crippen LogP contribution in [0.25, 0.3) is 5.69 Å². The summed E-state index contributed by atoms with van der Waals surface area (Å²) in [7, 11) is 0. The second-order valence-corrected chi connectivity index (χ2v) is 4.27. The number of hydrogen-bond donors (Lipinski definition) is 1. The van der Waals surface area contributed by atoms with E-state index in [1.54, 1.807) is 0 Å². The van der Waals surface area contributed by atoms with Gasteiger partial charge in [0.25, 0.3) is 0 Å². The highest BCUT2D eigenvalue weighted by molar-refractivity contribution is 5.86. The molecule has 0 fully saturated rings. The first kappa shape index (κ1) is 14.0. The van der Waals surface area contributed by atoms with Crippen LogP contribution in [0.15, 0.2) is 24.3 Å². The van der Waals surface area contributed by atoms with Crippen molar-refractivity contribution in [1.29, 1.82) is 0 Å². The fourth-order valence-corrected chi connectivity index (χ4v) is 1.94. The molecule has 6 heteroatoms. The van der Waals surface area contributed by atoms with E-state index >= 15 is 0 Å². The summed E-state index contributed by atoms with van der Waals surface area (Å²) >= 11 is 0. The highest BCUT2D eigenvalue weighted by atomic mass is 16.5. The minimum absolute atomic E-state index is 0.0159. The Hall–Kier alpha value is -2.37. The topological polar surface area (TPSA) is 77.2 Å². The third-order valence-electron chi connectivity index (χ3n) is 2.86. The van der Waals surface area contributed by atoms with Gasteiger partial charge in [0.1, 0.15) is 11.4 Å². The number of aromatic carboxylic acids is 1. The summed E-state index contributed by atoms with van der Waals surface area (Å²) in [5.74, 6) is -0.397. The Morgan fingerprint density at radius 2 is 2.10 bits per heavy atom. The van der Waals surface area contributed by atoms with Crippen molar-refractivity contribution >= 4 is 5.97 Å². The van der Waals surface area contributed by atoms with Crippen LogP contribution in [0.2, 0.25) is 0 Å². The van der Waals surface area contributed by atoms with Crippen LogP contribution in [-0.4, -0.2) is 32.7 Å². The number of carbonyl (C=O) groups is 1. The molecule has 0 spiro atoms. The number of carboxylic acid groups (broad SMARTS) is 1. The van der Waals surface area contributed by atoms with Crippen molar-refractivity contribution in [2.75, 3.05) is 6.61 Å². The summed E-state index contributed by atoms with van der Waals surface area (Å²) in [5, 5.41) is 16.8. The van der Waals surface area contributed by atoms with E-state index in [-0.39, 0.29) is 5.69 Å². The van der Waals surface area contributed by atoms with Crippen LogP contribution in [-0.2, 0) is 6.42 Å². The molecular formula is C14H17N3O3. The highest BCUT2D eigenvalue weighted by Gasteiger charge is 2.20. The molecule has 20 heavy (non-hydrogen) atoms. The molecule has 1 aromatic carbocycles. The molecule has 1 N–H and O–H groups in total. The van der Waals surface area contributed by atoms with Crippen molar-refractivity contribution < 1.29 is 14.6 Å². The van der Waals surface area contributed by atoms with E-state index < -0.39 is 5.97 Å². The zero-order valence-electron chi connectivity index (χ0n) is 11.5. The summed E-state index contributed by atoms with van der Waals surface area (Å²) in [4.78, 5) is 11.1. The fourth-order valence-electron chi connectivity index (χ4n) is 1.94. The molecule has 2 aromatic rings. The predicted molar refractivity (Wildman–Crippen MR) is 73.5 cm³/mol. The third kappa shape index (κ3) is 2.64. The Labute approximate surface area is 117 Å². The largest absolute Gasteiger partial charge is 0.491 e. The molecule has 0 radical (unpaired) electrons. The van der Waals surface area contributed by atoms with E-state index in [0.717, 1.165) is 6.42 Å². The summed E-state index contributed by atoms with van der Waals surface area (Å²) in [5.41, 5.74) is 1.25. The van der Waals surface area contributed by atoms with Gasteiger partial charge in [0.2, 0.25) is 0 Å². The van der Waals surface area contributed by atoms with E-state index in [1.165, 1.54) is 4.68 Å². The Balaban J connectivity index is 2.48. The van der Waals surface area contributed by atoms with Crippen LogP contribution < -0.4 is 4.74 Å². The quantitative estimate of drug-likeness (QED) is 0.875. The molecule has 6 nitrogen and oxygen atoms in total. The van der Waals surface area contributed by atoms with Gasteiger partial charge in [0.05, 0.1) is 12.3 Å². The standard InChI is InChI=1S/C14H17N3O3/c1-3-9-20-12-8-6-5-7-11(12)17-10(4-2)13(14(18)19)15-16-17/h5-8H,3-4,9H2,1-2H3,(H,18,19). The second kappa shape index (κ2) is 6.18. The molecule has 0 saturated carbocycles. The molecular weight excluding hydrogens is 258 g/mol. The number of aromatic nitrogens is 3. The van der Waals surface area contributed by atoms with Crippen LogP contribution in [0.1, 0.15) is 36.5 Å². The first-order valence-electron chi connectivity index (χ1n) is 6.59. The van der Waals surface area contributed by atoms with Gasteiger partial charge in [0, 0.05) is 0 Å². The van der Waals surface area contributed by atoms with Crippen LogP contribution in [0.5, 0.6) is 5.75 Å². The zero-order chi connectivity index (χ0) is 14.5. The fraction of sp³-hybridized carbons (Fsp3) is 0.357. The average Bonchev–Trinajstić information content (AvgIpc) is 2.89. The molecule has 2 rings (SSSR count). The maximum atomic E-state index is 11.1. The molecule has 1 aromatic heterocycles. The first-order valence-corrected chi connectivity index (χ1v) is 6.59. The van der Waals surface area contributed by atoms with Crippen molar-refractivity contribution in [2.24, 2.45) is 0 Å². The van der Waals surface area contributed by atoms with Crippen LogP contribution in [0.3, 0.4) is 0 Å². The Morgan fingerprint density at radius 1 is 1.35 bits per heavy atom. The number of benzene rings is 1. The van der Waals surface area contributed by atoms with Crippen LogP contribution in [0.4, 0.5) is 0 Å². The number of para-hydroxylation sites is 2. The van der Waals surface area contributed by atoms with E-state index in [1.807, 2.05) is 38.1 Å². The maximum Gasteiger partial charge on any atom is 0.358 e. The van der Waals surface area contributed by atoms with Gasteiger partial charge in [-0.25, -0.2) is 9.48 Å². The molecule has 0 unspecified atom stereocenters.